The topological polar surface area (TPSA) is 34.1 Å². The van der Waals surface area contributed by atoms with Gasteiger partial charge in [-0.2, -0.15) is 0 Å². The van der Waals surface area contributed by atoms with E-state index in [4.69, 9.17) is 23.2 Å². The molecule has 0 heterocycles. The largest absolute Gasteiger partial charge is 0.254 e. The first-order valence-electron chi connectivity index (χ1n) is 6.84. The maximum Gasteiger partial charge on any atom is 0.0529 e. The van der Waals surface area contributed by atoms with Crippen LogP contribution in [0.4, 0.5) is 0 Å². The molecular weight excluding hydrogens is 359 g/mol. The average Bonchev–Trinajstić information content (AvgIpc) is 2.52. The van der Waals surface area contributed by atoms with Gasteiger partial charge in [0, 0.05) is 31.3 Å². The van der Waals surface area contributed by atoms with Crippen LogP contribution in [0.2, 0.25) is 10.0 Å². The summed E-state index contributed by atoms with van der Waals surface area (Å²) in [6, 6.07) is 14.1. The smallest absolute Gasteiger partial charge is 0.0529 e. The number of hydrogen-bond donors (Lipinski definition) is 0. The van der Waals surface area contributed by atoms with Crippen LogP contribution in [0.1, 0.15) is 12.8 Å². The van der Waals surface area contributed by atoms with Crippen molar-refractivity contribution in [3.63, 3.8) is 0 Å². The number of rotatable bonds is 7. The molecule has 0 aliphatic rings. The van der Waals surface area contributed by atoms with Crippen LogP contribution < -0.4 is 0 Å². The van der Waals surface area contributed by atoms with E-state index in [9.17, 15) is 8.42 Å². The molecule has 0 saturated heterocycles. The highest BCUT2D eigenvalue weighted by Gasteiger charge is 2.06. The first kappa shape index (κ1) is 17.7. The zero-order valence-corrected chi connectivity index (χ0v) is 15.0. The second-order valence-corrected chi connectivity index (χ2v) is 8.73. The fourth-order valence-electron chi connectivity index (χ4n) is 1.87. The van der Waals surface area contributed by atoms with Crippen LogP contribution in [0, 0.1) is 0 Å². The van der Waals surface area contributed by atoms with Gasteiger partial charge in [-0.25, -0.2) is 0 Å². The van der Waals surface area contributed by atoms with Crippen LogP contribution in [-0.2, 0) is 21.6 Å². The maximum absolute atomic E-state index is 12.1. The van der Waals surface area contributed by atoms with Crippen LogP contribution in [0.5, 0.6) is 0 Å². The van der Waals surface area contributed by atoms with Crippen LogP contribution in [0.25, 0.3) is 0 Å². The molecule has 2 aromatic carbocycles. The highest BCUT2D eigenvalue weighted by atomic mass is 35.5. The van der Waals surface area contributed by atoms with Gasteiger partial charge in [0.2, 0.25) is 0 Å². The molecule has 0 aliphatic carbocycles. The summed E-state index contributed by atoms with van der Waals surface area (Å²) < 4.78 is 24.2. The lowest BCUT2D eigenvalue weighted by Crippen LogP contribution is -2.02. The van der Waals surface area contributed by atoms with E-state index in [1.54, 1.807) is 48.5 Å². The van der Waals surface area contributed by atoms with E-state index in [-0.39, 0.29) is 0 Å². The van der Waals surface area contributed by atoms with Crippen molar-refractivity contribution in [2.24, 2.45) is 0 Å². The molecule has 0 spiro atoms. The monoisotopic (exact) mass is 374 g/mol. The first-order valence-corrected chi connectivity index (χ1v) is 10.2. The summed E-state index contributed by atoms with van der Waals surface area (Å²) in [4.78, 5) is 1.56. The summed E-state index contributed by atoms with van der Waals surface area (Å²) in [6.45, 7) is 0. The third kappa shape index (κ3) is 5.51. The van der Waals surface area contributed by atoms with Crippen molar-refractivity contribution in [3.8, 4) is 0 Å². The summed E-state index contributed by atoms with van der Waals surface area (Å²) in [7, 11) is -2.06. The normalized spacial score (nSPS) is 13.7. The Morgan fingerprint density at radius 2 is 0.955 bits per heavy atom. The Bertz CT molecular complexity index is 595. The highest BCUT2D eigenvalue weighted by Crippen LogP contribution is 2.15. The van der Waals surface area contributed by atoms with Gasteiger partial charge in [-0.3, -0.25) is 8.42 Å². The lowest BCUT2D eigenvalue weighted by molar-refractivity contribution is 0.674. The Morgan fingerprint density at radius 1 is 0.636 bits per heavy atom. The van der Waals surface area contributed by atoms with Crippen molar-refractivity contribution >= 4 is 44.8 Å². The molecule has 0 amide bonds. The van der Waals surface area contributed by atoms with Gasteiger partial charge >= 0.3 is 0 Å². The fraction of sp³-hybridized carbons (Fsp3) is 0.250. The molecule has 6 heteroatoms. The van der Waals surface area contributed by atoms with Gasteiger partial charge in [0.15, 0.2) is 0 Å². The van der Waals surface area contributed by atoms with Gasteiger partial charge in [-0.15, -0.1) is 0 Å². The molecule has 118 valence electrons. The summed E-state index contributed by atoms with van der Waals surface area (Å²) in [6.07, 6.45) is 1.54. The molecule has 2 atom stereocenters. The lowest BCUT2D eigenvalue weighted by Gasteiger charge is -2.04. The molecule has 0 aromatic heterocycles. The Kier molecular flexibility index (Phi) is 7.09. The van der Waals surface area contributed by atoms with Gasteiger partial charge in [0.05, 0.1) is 21.6 Å². The van der Waals surface area contributed by atoms with Gasteiger partial charge in [-0.05, 0) is 61.4 Å². The van der Waals surface area contributed by atoms with Crippen LogP contribution in [0.15, 0.2) is 58.3 Å². The molecular formula is C16H16Cl2O2S2. The minimum Gasteiger partial charge on any atom is -0.254 e. The average molecular weight is 375 g/mol. The number of halogens is 2. The van der Waals surface area contributed by atoms with Gasteiger partial charge < -0.3 is 0 Å². The van der Waals surface area contributed by atoms with E-state index in [1.165, 1.54) is 0 Å². The van der Waals surface area contributed by atoms with E-state index < -0.39 is 21.6 Å². The second kappa shape index (κ2) is 8.82. The Morgan fingerprint density at radius 3 is 1.27 bits per heavy atom. The lowest BCUT2D eigenvalue weighted by atomic mass is 10.4. The van der Waals surface area contributed by atoms with E-state index >= 15 is 0 Å². The second-order valence-electron chi connectivity index (χ2n) is 4.71. The quantitative estimate of drug-likeness (QED) is 0.658. The van der Waals surface area contributed by atoms with E-state index in [2.05, 4.69) is 0 Å². The van der Waals surface area contributed by atoms with Gasteiger partial charge in [-0.1, -0.05) is 23.2 Å². The van der Waals surface area contributed by atoms with Gasteiger partial charge in [0.25, 0.3) is 0 Å². The van der Waals surface area contributed by atoms with E-state index in [0.29, 0.717) is 21.6 Å². The summed E-state index contributed by atoms with van der Waals surface area (Å²) in [5, 5.41) is 1.28. The Balaban J connectivity index is 1.74. The fourth-order valence-corrected chi connectivity index (χ4v) is 4.41. The molecule has 0 N–H and O–H groups in total. The van der Waals surface area contributed by atoms with Gasteiger partial charge in [0.1, 0.15) is 0 Å². The summed E-state index contributed by atoms with van der Waals surface area (Å²) >= 11 is 11.6. The van der Waals surface area contributed by atoms with Crippen LogP contribution in [-0.4, -0.2) is 19.9 Å². The van der Waals surface area contributed by atoms with Crippen molar-refractivity contribution in [1.29, 1.82) is 0 Å². The minimum atomic E-state index is -1.03. The summed E-state index contributed by atoms with van der Waals surface area (Å²) in [5.74, 6) is 1.14. The third-order valence-electron chi connectivity index (χ3n) is 3.06. The molecule has 2 rings (SSSR count). The highest BCUT2D eigenvalue weighted by molar-refractivity contribution is 7.85. The minimum absolute atomic E-state index is 0.569. The Hall–Kier alpha value is -0.680. The standard InChI is InChI=1S/C16H16Cl2O2S2/c17-13-3-7-15(8-4-13)21(19)11-1-2-12-22(20)16-9-5-14(18)6-10-16/h3-10H,1-2,11-12H2. The molecule has 2 nitrogen and oxygen atoms in total. The number of benzene rings is 2. The third-order valence-corrected chi connectivity index (χ3v) is 6.48. The first-order chi connectivity index (χ1) is 10.6. The van der Waals surface area contributed by atoms with E-state index in [0.717, 1.165) is 22.6 Å². The van der Waals surface area contributed by atoms with Crippen LogP contribution in [0.3, 0.4) is 0 Å². The maximum atomic E-state index is 12.1. The van der Waals surface area contributed by atoms with Crippen molar-refractivity contribution in [2.45, 2.75) is 22.6 Å². The van der Waals surface area contributed by atoms with E-state index in [1.807, 2.05) is 0 Å². The summed E-state index contributed by atoms with van der Waals surface area (Å²) in [5.41, 5.74) is 0. The number of hydrogen-bond acceptors (Lipinski definition) is 2. The molecule has 2 aromatic rings. The van der Waals surface area contributed by atoms with Crippen molar-refractivity contribution in [2.75, 3.05) is 11.5 Å². The predicted molar refractivity (Wildman–Crippen MR) is 94.7 cm³/mol. The zero-order chi connectivity index (χ0) is 15.9. The molecule has 2 unspecified atom stereocenters. The van der Waals surface area contributed by atoms with Crippen molar-refractivity contribution in [1.82, 2.24) is 0 Å². The molecule has 0 radical (unpaired) electrons. The molecule has 0 aliphatic heterocycles. The SMILES string of the molecule is O=S(CCCCS(=O)c1ccc(Cl)cc1)c1ccc(Cl)cc1. The predicted octanol–water partition coefficient (Wildman–Crippen LogP) is 4.69. The van der Waals surface area contributed by atoms with Crippen molar-refractivity contribution in [3.05, 3.63) is 58.6 Å². The van der Waals surface area contributed by atoms with Crippen molar-refractivity contribution < 1.29 is 8.42 Å². The molecule has 22 heavy (non-hydrogen) atoms. The molecule has 0 saturated carbocycles. The molecule has 0 bridgehead atoms. The number of unbranched alkanes of at least 4 members (excludes halogenated alkanes) is 1. The zero-order valence-electron chi connectivity index (χ0n) is 11.8. The molecule has 0 fully saturated rings. The Labute approximate surface area is 145 Å². The van der Waals surface area contributed by atoms with Crippen LogP contribution >= 0.6 is 23.2 Å².